The highest BCUT2D eigenvalue weighted by atomic mass is 32.2. The van der Waals surface area contributed by atoms with Crippen molar-refractivity contribution in [1.29, 1.82) is 0 Å². The van der Waals surface area contributed by atoms with E-state index in [0.29, 0.717) is 29.3 Å². The minimum Gasteiger partial charge on any atom is -0.491 e. The minimum atomic E-state index is -0.372. The van der Waals surface area contributed by atoms with Gasteiger partial charge in [0.2, 0.25) is 0 Å². The van der Waals surface area contributed by atoms with Crippen molar-refractivity contribution in [1.82, 2.24) is 4.90 Å². The Balaban J connectivity index is 1.35. The largest absolute Gasteiger partial charge is 0.491 e. The summed E-state index contributed by atoms with van der Waals surface area (Å²) >= 11 is 1.78. The van der Waals surface area contributed by atoms with Crippen molar-refractivity contribution in [2.24, 2.45) is 0 Å². The van der Waals surface area contributed by atoms with E-state index in [2.05, 4.69) is 34.1 Å². The van der Waals surface area contributed by atoms with Gasteiger partial charge in [-0.3, -0.25) is 4.79 Å². The van der Waals surface area contributed by atoms with E-state index in [9.17, 15) is 9.59 Å². The monoisotopic (exact) mass is 593 g/mol. The van der Waals surface area contributed by atoms with Gasteiger partial charge < -0.3 is 20.3 Å². The van der Waals surface area contributed by atoms with Crippen LogP contribution >= 0.6 is 11.8 Å². The third-order valence-electron chi connectivity index (χ3n) is 7.59. The highest BCUT2D eigenvalue weighted by molar-refractivity contribution is 8.02. The summed E-state index contributed by atoms with van der Waals surface area (Å²) in [5.74, 6) is 1.32. The summed E-state index contributed by atoms with van der Waals surface area (Å²) in [5.41, 5.74) is 2.87. The third kappa shape index (κ3) is 12.9. The summed E-state index contributed by atoms with van der Waals surface area (Å²) in [6.45, 7) is 5.15. The molecule has 1 heterocycles. The van der Waals surface area contributed by atoms with E-state index in [0.717, 1.165) is 25.3 Å². The lowest BCUT2D eigenvalue weighted by Gasteiger charge is -2.16. The number of unbranched alkanes of at least 4 members (excludes halogenated alkanes) is 13. The van der Waals surface area contributed by atoms with E-state index in [1.165, 1.54) is 89.5 Å². The van der Waals surface area contributed by atoms with Crippen LogP contribution < -0.4 is 15.4 Å². The molecule has 2 aromatic rings. The lowest BCUT2D eigenvalue weighted by Crippen LogP contribution is -2.20. The SMILES string of the molecule is CCCCCCCCCCCCCCCCOc1c(NC(=O)Nc2ccc(CN3C=CSC3)cc2)cccc1C(C)=O. The van der Waals surface area contributed by atoms with Gasteiger partial charge in [0.15, 0.2) is 11.5 Å². The first kappa shape index (κ1) is 33.6. The van der Waals surface area contributed by atoms with Gasteiger partial charge in [-0.05, 0) is 48.6 Å². The average molecular weight is 594 g/mol. The lowest BCUT2D eigenvalue weighted by atomic mass is 10.0. The smallest absolute Gasteiger partial charge is 0.323 e. The minimum absolute atomic E-state index is 0.0862. The van der Waals surface area contributed by atoms with Crippen molar-refractivity contribution in [2.45, 2.75) is 110 Å². The summed E-state index contributed by atoms with van der Waals surface area (Å²) in [7, 11) is 0. The van der Waals surface area contributed by atoms with Crippen molar-refractivity contribution in [3.8, 4) is 5.75 Å². The number of amides is 2. The van der Waals surface area contributed by atoms with Crippen LogP contribution in [0.4, 0.5) is 16.2 Å². The number of benzene rings is 2. The van der Waals surface area contributed by atoms with Gasteiger partial charge in [0.05, 0.1) is 23.7 Å². The van der Waals surface area contributed by atoms with E-state index in [1.54, 1.807) is 30.0 Å². The van der Waals surface area contributed by atoms with Gasteiger partial charge in [-0.25, -0.2) is 4.79 Å². The Kier molecular flexibility index (Phi) is 16.0. The number of thioether (sulfide) groups is 1. The first-order valence-electron chi connectivity index (χ1n) is 16.0. The number of carbonyl (C=O) groups excluding carboxylic acids is 2. The van der Waals surface area contributed by atoms with Crippen LogP contribution in [0.2, 0.25) is 0 Å². The van der Waals surface area contributed by atoms with Crippen molar-refractivity contribution in [3.63, 3.8) is 0 Å². The van der Waals surface area contributed by atoms with Gasteiger partial charge in [-0.15, -0.1) is 11.8 Å². The normalized spacial score (nSPS) is 12.5. The van der Waals surface area contributed by atoms with Gasteiger partial charge in [0.25, 0.3) is 0 Å². The van der Waals surface area contributed by atoms with Crippen LogP contribution in [0.1, 0.15) is 120 Å². The van der Waals surface area contributed by atoms with Gasteiger partial charge in [-0.1, -0.05) is 109 Å². The van der Waals surface area contributed by atoms with Crippen LogP contribution in [0.5, 0.6) is 5.75 Å². The van der Waals surface area contributed by atoms with Crippen molar-refractivity contribution in [3.05, 3.63) is 65.2 Å². The Morgan fingerprint density at radius 1 is 0.810 bits per heavy atom. The zero-order chi connectivity index (χ0) is 29.8. The van der Waals surface area contributed by atoms with Crippen LogP contribution in [-0.4, -0.2) is 29.2 Å². The zero-order valence-electron chi connectivity index (χ0n) is 25.8. The summed E-state index contributed by atoms with van der Waals surface area (Å²) in [6.07, 6.45) is 20.3. The maximum atomic E-state index is 12.8. The molecule has 7 heteroatoms. The van der Waals surface area contributed by atoms with Crippen LogP contribution in [-0.2, 0) is 6.54 Å². The summed E-state index contributed by atoms with van der Waals surface area (Å²) < 4.78 is 6.09. The van der Waals surface area contributed by atoms with E-state index in [-0.39, 0.29) is 11.8 Å². The number of carbonyl (C=O) groups is 2. The van der Waals surface area contributed by atoms with E-state index in [1.807, 2.05) is 24.3 Å². The molecule has 6 nitrogen and oxygen atoms in total. The number of nitrogens with zero attached hydrogens (tertiary/aromatic N) is 1. The molecule has 42 heavy (non-hydrogen) atoms. The van der Waals surface area contributed by atoms with Crippen LogP contribution in [0.15, 0.2) is 54.1 Å². The predicted octanol–water partition coefficient (Wildman–Crippen LogP) is 10.4. The maximum Gasteiger partial charge on any atom is 0.323 e. The van der Waals surface area contributed by atoms with Crippen molar-refractivity contribution < 1.29 is 14.3 Å². The van der Waals surface area contributed by atoms with Gasteiger partial charge in [0, 0.05) is 18.4 Å². The first-order chi connectivity index (χ1) is 20.6. The molecule has 0 spiro atoms. The van der Waals surface area contributed by atoms with Gasteiger partial charge >= 0.3 is 6.03 Å². The second-order valence-electron chi connectivity index (χ2n) is 11.3. The van der Waals surface area contributed by atoms with Crippen LogP contribution in [0, 0.1) is 0 Å². The molecule has 2 aromatic carbocycles. The highest BCUT2D eigenvalue weighted by Gasteiger charge is 2.16. The fraction of sp³-hybridized carbons (Fsp3) is 0.543. The Morgan fingerprint density at radius 3 is 2.00 bits per heavy atom. The molecule has 1 aliphatic rings. The molecule has 3 rings (SSSR count). The molecule has 1 aliphatic heterocycles. The fourth-order valence-corrected chi connectivity index (χ4v) is 5.87. The molecule has 2 N–H and O–H groups in total. The lowest BCUT2D eigenvalue weighted by molar-refractivity contribution is 0.101. The molecule has 0 saturated heterocycles. The third-order valence-corrected chi connectivity index (χ3v) is 8.39. The number of hydrogen-bond donors (Lipinski definition) is 2. The fourth-order valence-electron chi connectivity index (χ4n) is 5.16. The summed E-state index contributed by atoms with van der Waals surface area (Å²) in [4.78, 5) is 27.3. The molecule has 2 amide bonds. The Labute approximate surface area is 258 Å². The highest BCUT2D eigenvalue weighted by Crippen LogP contribution is 2.30. The molecule has 0 aliphatic carbocycles. The number of anilines is 2. The van der Waals surface area contributed by atoms with Gasteiger partial charge in [-0.2, -0.15) is 0 Å². The van der Waals surface area contributed by atoms with Gasteiger partial charge in [0.1, 0.15) is 0 Å². The number of Topliss-reactive ketones (excluding diaryl/α,β-unsaturated/α-hetero) is 1. The second-order valence-corrected chi connectivity index (χ2v) is 12.2. The standard InChI is InChI=1S/C35H51N3O3S/c1-3-4-5-6-7-8-9-10-11-12-13-14-15-16-25-41-34-32(29(2)39)18-17-19-33(34)37-35(40)36-31-22-20-30(21-23-31)27-38-24-26-42-28-38/h17-24,26H,3-16,25,27-28H2,1-2H3,(H2,36,37,40). The van der Waals surface area contributed by atoms with Crippen molar-refractivity contribution >= 4 is 35.0 Å². The molecule has 0 aromatic heterocycles. The Bertz CT molecular complexity index is 1100. The summed E-state index contributed by atoms with van der Waals surface area (Å²) in [5, 5.41) is 7.87. The van der Waals surface area contributed by atoms with E-state index in [4.69, 9.17) is 4.74 Å². The number of nitrogens with one attached hydrogen (secondary N) is 2. The molecule has 0 atom stereocenters. The Morgan fingerprint density at radius 2 is 1.43 bits per heavy atom. The molecular weight excluding hydrogens is 542 g/mol. The molecule has 0 saturated carbocycles. The molecule has 0 fully saturated rings. The van der Waals surface area contributed by atoms with Crippen LogP contribution in [0.25, 0.3) is 0 Å². The molecule has 0 unspecified atom stereocenters. The summed E-state index contributed by atoms with van der Waals surface area (Å²) in [6, 6.07) is 12.8. The first-order valence-corrected chi connectivity index (χ1v) is 17.1. The zero-order valence-corrected chi connectivity index (χ0v) is 26.6. The topological polar surface area (TPSA) is 70.7 Å². The predicted molar refractivity (Wildman–Crippen MR) is 178 cm³/mol. The number of urea groups is 1. The van der Waals surface area contributed by atoms with Crippen molar-refractivity contribution in [2.75, 3.05) is 23.1 Å². The second kappa shape index (κ2) is 20.1. The number of hydrogen-bond acceptors (Lipinski definition) is 5. The maximum absolute atomic E-state index is 12.8. The molecular formula is C35H51N3O3S. The number of rotatable bonds is 21. The number of para-hydroxylation sites is 1. The van der Waals surface area contributed by atoms with Crippen LogP contribution in [0.3, 0.4) is 0 Å². The molecule has 230 valence electrons. The molecule has 0 bridgehead atoms. The number of ketones is 1. The Hall–Kier alpha value is -2.93. The van der Waals surface area contributed by atoms with E-state index < -0.39 is 0 Å². The molecule has 0 radical (unpaired) electrons. The quantitative estimate of drug-likeness (QED) is 0.111. The average Bonchev–Trinajstić information content (AvgIpc) is 3.49. The van der Waals surface area contributed by atoms with E-state index >= 15 is 0 Å². The number of ether oxygens (including phenoxy) is 1.